The molecule has 2 aromatic rings. The monoisotopic (exact) mass is 356 g/mol. The van der Waals surface area contributed by atoms with E-state index in [0.717, 1.165) is 11.3 Å². The molecule has 124 valence electrons. The van der Waals surface area contributed by atoms with E-state index in [1.165, 1.54) is 21.0 Å². The molecule has 9 heteroatoms. The van der Waals surface area contributed by atoms with Crippen LogP contribution < -0.4 is 4.87 Å². The topological polar surface area (TPSA) is 96.7 Å². The smallest absolute Gasteiger partial charge is 0.307 e. The van der Waals surface area contributed by atoms with Gasteiger partial charge in [-0.15, -0.1) is 0 Å². The molecular weight excluding hydrogens is 340 g/mol. The molecule has 23 heavy (non-hydrogen) atoms. The lowest BCUT2D eigenvalue weighted by atomic mass is 9.99. The predicted molar refractivity (Wildman–Crippen MR) is 86.2 cm³/mol. The summed E-state index contributed by atoms with van der Waals surface area (Å²) >= 11 is 1.01. The van der Waals surface area contributed by atoms with Crippen molar-refractivity contribution >= 4 is 37.5 Å². The Labute approximate surface area is 136 Å². The van der Waals surface area contributed by atoms with Gasteiger partial charge in [-0.3, -0.25) is 9.59 Å². The van der Waals surface area contributed by atoms with Crippen molar-refractivity contribution < 1.29 is 18.3 Å². The van der Waals surface area contributed by atoms with Crippen LogP contribution in [-0.2, 0) is 21.9 Å². The van der Waals surface area contributed by atoms with Crippen molar-refractivity contribution in [3.05, 3.63) is 27.9 Å². The van der Waals surface area contributed by atoms with Gasteiger partial charge in [0.15, 0.2) is 0 Å². The van der Waals surface area contributed by atoms with Gasteiger partial charge in [0.05, 0.1) is 21.0 Å². The number of carbonyl (C=O) groups is 1. The number of aromatic nitrogens is 1. The molecule has 1 aliphatic heterocycles. The van der Waals surface area contributed by atoms with Crippen LogP contribution in [0, 0.1) is 5.92 Å². The predicted octanol–water partition coefficient (Wildman–Crippen LogP) is 1.09. The molecule has 0 atom stereocenters. The molecule has 3 rings (SSSR count). The maximum Gasteiger partial charge on any atom is 0.307 e. The van der Waals surface area contributed by atoms with Crippen LogP contribution in [0.15, 0.2) is 27.9 Å². The third kappa shape index (κ3) is 2.79. The summed E-state index contributed by atoms with van der Waals surface area (Å²) in [4.78, 5) is 22.6. The number of carboxylic acids is 1. The van der Waals surface area contributed by atoms with E-state index >= 15 is 0 Å². The zero-order valence-corrected chi connectivity index (χ0v) is 14.1. The summed E-state index contributed by atoms with van der Waals surface area (Å²) in [6.45, 7) is 0.394. The Hall–Kier alpha value is -1.71. The maximum atomic E-state index is 12.7. The molecule has 1 aromatic carbocycles. The van der Waals surface area contributed by atoms with Crippen LogP contribution in [0.5, 0.6) is 0 Å². The highest BCUT2D eigenvalue weighted by Gasteiger charge is 2.32. The Balaban J connectivity index is 1.91. The van der Waals surface area contributed by atoms with Gasteiger partial charge in [0.1, 0.15) is 0 Å². The van der Waals surface area contributed by atoms with Crippen molar-refractivity contribution in [2.24, 2.45) is 13.0 Å². The lowest BCUT2D eigenvalue weighted by Gasteiger charge is -2.29. The third-order valence-corrected chi connectivity index (χ3v) is 7.09. The molecule has 0 amide bonds. The second-order valence-electron chi connectivity index (χ2n) is 5.57. The van der Waals surface area contributed by atoms with Gasteiger partial charge in [-0.1, -0.05) is 11.3 Å². The van der Waals surface area contributed by atoms with Crippen molar-refractivity contribution in [2.45, 2.75) is 17.7 Å². The van der Waals surface area contributed by atoms with Crippen LogP contribution in [0.4, 0.5) is 0 Å². The molecule has 2 heterocycles. The number of thiazole rings is 1. The third-order valence-electron chi connectivity index (χ3n) is 4.20. The number of piperidine rings is 1. The average Bonchev–Trinajstić information content (AvgIpc) is 2.81. The lowest BCUT2D eigenvalue weighted by Crippen LogP contribution is -2.40. The molecule has 0 bridgehead atoms. The molecule has 0 aliphatic carbocycles. The highest BCUT2D eigenvalue weighted by molar-refractivity contribution is 7.89. The minimum Gasteiger partial charge on any atom is -0.481 e. The van der Waals surface area contributed by atoms with Crippen LogP contribution in [0.1, 0.15) is 12.8 Å². The summed E-state index contributed by atoms with van der Waals surface area (Å²) in [7, 11) is -2.03. The van der Waals surface area contributed by atoms with Crippen molar-refractivity contribution in [3.8, 4) is 0 Å². The Morgan fingerprint density at radius 1 is 1.30 bits per heavy atom. The summed E-state index contributed by atoms with van der Waals surface area (Å²) in [5.41, 5.74) is 0.698. The first-order valence-corrected chi connectivity index (χ1v) is 9.39. The number of hydrogen-bond donors (Lipinski definition) is 1. The van der Waals surface area contributed by atoms with Crippen LogP contribution in [0.25, 0.3) is 10.2 Å². The normalized spacial score (nSPS) is 17.6. The molecule has 0 spiro atoms. The number of nitrogens with zero attached hydrogens (tertiary/aromatic N) is 2. The minimum atomic E-state index is -3.67. The first kappa shape index (κ1) is 16.2. The van der Waals surface area contributed by atoms with E-state index in [1.807, 2.05) is 0 Å². The van der Waals surface area contributed by atoms with E-state index in [1.54, 1.807) is 13.1 Å². The first-order chi connectivity index (χ1) is 10.8. The van der Waals surface area contributed by atoms with Gasteiger partial charge in [0.2, 0.25) is 10.0 Å². The summed E-state index contributed by atoms with van der Waals surface area (Å²) in [6.07, 6.45) is 0.630. The average molecular weight is 356 g/mol. The minimum absolute atomic E-state index is 0.139. The summed E-state index contributed by atoms with van der Waals surface area (Å²) < 4.78 is 28.8. The van der Waals surface area contributed by atoms with Gasteiger partial charge in [-0.05, 0) is 31.0 Å². The first-order valence-electron chi connectivity index (χ1n) is 7.13. The summed E-state index contributed by atoms with van der Waals surface area (Å²) in [5, 5.41) is 8.99. The van der Waals surface area contributed by atoms with Crippen molar-refractivity contribution in [3.63, 3.8) is 0 Å². The largest absolute Gasteiger partial charge is 0.481 e. The fourth-order valence-electron chi connectivity index (χ4n) is 2.77. The molecule has 0 saturated carbocycles. The fourth-order valence-corrected chi connectivity index (χ4v) is 5.26. The Bertz CT molecular complexity index is 920. The van der Waals surface area contributed by atoms with Crippen LogP contribution in [-0.4, -0.2) is 41.5 Å². The number of aryl methyl sites for hydroxylation is 1. The Morgan fingerprint density at radius 2 is 1.96 bits per heavy atom. The van der Waals surface area contributed by atoms with E-state index in [4.69, 9.17) is 5.11 Å². The Kier molecular flexibility index (Phi) is 4.03. The van der Waals surface area contributed by atoms with Gasteiger partial charge in [-0.25, -0.2) is 8.42 Å². The van der Waals surface area contributed by atoms with E-state index in [0.29, 0.717) is 23.1 Å². The molecule has 0 unspecified atom stereocenters. The van der Waals surface area contributed by atoms with Crippen molar-refractivity contribution in [1.82, 2.24) is 8.87 Å². The molecule has 1 N–H and O–H groups in total. The fraction of sp³-hybridized carbons (Fsp3) is 0.429. The quantitative estimate of drug-likeness (QED) is 0.888. The second kappa shape index (κ2) is 5.73. The number of aliphatic carboxylic acids is 1. The zero-order valence-electron chi connectivity index (χ0n) is 12.4. The lowest BCUT2D eigenvalue weighted by molar-refractivity contribution is -0.142. The number of hydrogen-bond acceptors (Lipinski definition) is 5. The van der Waals surface area contributed by atoms with E-state index in [2.05, 4.69) is 0 Å². The van der Waals surface area contributed by atoms with Gasteiger partial charge < -0.3 is 9.67 Å². The summed E-state index contributed by atoms with van der Waals surface area (Å²) in [6, 6.07) is 4.64. The number of rotatable bonds is 3. The van der Waals surface area contributed by atoms with Crippen LogP contribution in [0.3, 0.4) is 0 Å². The number of carboxylic acid groups (broad SMARTS) is 1. The highest BCUT2D eigenvalue weighted by atomic mass is 32.2. The van der Waals surface area contributed by atoms with E-state index < -0.39 is 21.9 Å². The van der Waals surface area contributed by atoms with Crippen LogP contribution >= 0.6 is 11.3 Å². The van der Waals surface area contributed by atoms with Crippen molar-refractivity contribution in [2.75, 3.05) is 13.1 Å². The highest BCUT2D eigenvalue weighted by Crippen LogP contribution is 2.27. The molecule has 1 saturated heterocycles. The molecule has 1 aromatic heterocycles. The number of fused-ring (bicyclic) bond motifs is 1. The number of benzene rings is 1. The van der Waals surface area contributed by atoms with Gasteiger partial charge in [0.25, 0.3) is 0 Å². The van der Waals surface area contributed by atoms with Gasteiger partial charge in [-0.2, -0.15) is 4.31 Å². The number of sulfonamides is 1. The summed E-state index contributed by atoms with van der Waals surface area (Å²) in [5.74, 6) is -1.36. The molecule has 1 fully saturated rings. The second-order valence-corrected chi connectivity index (χ2v) is 8.50. The van der Waals surface area contributed by atoms with Crippen molar-refractivity contribution in [1.29, 1.82) is 0 Å². The molecule has 1 aliphatic rings. The van der Waals surface area contributed by atoms with Gasteiger partial charge in [0, 0.05) is 20.1 Å². The van der Waals surface area contributed by atoms with Crippen LogP contribution in [0.2, 0.25) is 0 Å². The molecular formula is C14H16N2O5S2. The SMILES string of the molecule is Cn1c(=O)sc2cc(S(=O)(=O)N3CCC(C(=O)O)CC3)ccc21. The maximum absolute atomic E-state index is 12.7. The standard InChI is InChI=1S/C14H16N2O5S2/c1-15-11-3-2-10(8-12(11)22-14(15)19)23(20,21)16-6-4-9(5-7-16)13(17)18/h2-3,8-9H,4-7H2,1H3,(H,17,18). The van der Waals surface area contributed by atoms with Gasteiger partial charge >= 0.3 is 10.8 Å². The molecule has 7 nitrogen and oxygen atoms in total. The Morgan fingerprint density at radius 3 is 2.57 bits per heavy atom. The molecule has 0 radical (unpaired) electrons. The zero-order chi connectivity index (χ0) is 16.8. The van der Waals surface area contributed by atoms with E-state index in [9.17, 15) is 18.0 Å². The van der Waals surface area contributed by atoms with E-state index in [-0.39, 0.29) is 22.9 Å².